The lowest BCUT2D eigenvalue weighted by atomic mass is 10.1. The minimum absolute atomic E-state index is 0.0323. The zero-order valence-corrected chi connectivity index (χ0v) is 37.8. The third-order valence-electron chi connectivity index (χ3n) is 8.94. The third-order valence-corrected chi connectivity index (χ3v) is 9.93. The van der Waals surface area contributed by atoms with Gasteiger partial charge in [0.05, 0.1) is 13.2 Å². The van der Waals surface area contributed by atoms with E-state index in [4.69, 9.17) is 24.3 Å². The van der Waals surface area contributed by atoms with E-state index in [9.17, 15) is 19.0 Å². The number of allylic oxidation sites excluding steroid dienone is 16. The summed E-state index contributed by atoms with van der Waals surface area (Å²) in [6, 6.07) is 0. The van der Waals surface area contributed by atoms with Crippen molar-refractivity contribution in [3.63, 3.8) is 0 Å². The number of nitrogens with two attached hydrogens (primary N) is 1. The molecule has 0 bridgehead atoms. The summed E-state index contributed by atoms with van der Waals surface area (Å²) in [5, 5.41) is 0. The number of ether oxygens (including phenoxy) is 2. The fraction of sp³-hybridized carbons (Fsp3) is 0.633. The normalized spacial score (nSPS) is 14.2. The molecular weight excluding hydrogens is 762 g/mol. The van der Waals surface area contributed by atoms with Gasteiger partial charge in [-0.2, -0.15) is 0 Å². The van der Waals surface area contributed by atoms with Crippen LogP contribution < -0.4 is 5.73 Å². The highest BCUT2D eigenvalue weighted by Crippen LogP contribution is 2.43. The van der Waals surface area contributed by atoms with E-state index in [-0.39, 0.29) is 32.6 Å². The van der Waals surface area contributed by atoms with Crippen molar-refractivity contribution in [2.45, 2.75) is 174 Å². The molecule has 3 N–H and O–H groups in total. The highest BCUT2D eigenvalue weighted by Gasteiger charge is 2.25. The molecule has 10 heteroatoms. The van der Waals surface area contributed by atoms with Crippen LogP contribution in [0.3, 0.4) is 0 Å². The van der Waals surface area contributed by atoms with E-state index in [0.717, 1.165) is 51.4 Å². The van der Waals surface area contributed by atoms with Crippen molar-refractivity contribution in [3.8, 4) is 0 Å². The Labute approximate surface area is 359 Å². The second kappa shape index (κ2) is 44.5. The summed E-state index contributed by atoms with van der Waals surface area (Å²) >= 11 is 0. The summed E-state index contributed by atoms with van der Waals surface area (Å²) in [6.07, 6.45) is 57.4. The number of carbonyl (C=O) groups is 2. The molecule has 1 unspecified atom stereocenters. The topological polar surface area (TPSA) is 134 Å². The molecule has 0 rings (SSSR count). The molecule has 0 fully saturated rings. The van der Waals surface area contributed by atoms with E-state index in [0.29, 0.717) is 19.3 Å². The molecule has 0 aliphatic carbocycles. The maximum Gasteiger partial charge on any atom is 0.472 e. The van der Waals surface area contributed by atoms with E-state index in [2.05, 4.69) is 98.9 Å². The number of hydrogen-bond acceptors (Lipinski definition) is 8. The van der Waals surface area contributed by atoms with Crippen molar-refractivity contribution in [1.82, 2.24) is 0 Å². The Kier molecular flexibility index (Phi) is 42.2. The zero-order valence-electron chi connectivity index (χ0n) is 36.9. The first-order valence-electron chi connectivity index (χ1n) is 22.7. The van der Waals surface area contributed by atoms with Gasteiger partial charge in [0, 0.05) is 19.4 Å². The van der Waals surface area contributed by atoms with Crippen molar-refractivity contribution >= 4 is 19.8 Å². The highest BCUT2D eigenvalue weighted by molar-refractivity contribution is 7.47. The molecule has 0 amide bonds. The van der Waals surface area contributed by atoms with Gasteiger partial charge in [-0.15, -0.1) is 0 Å². The average molecular weight is 844 g/mol. The van der Waals surface area contributed by atoms with Gasteiger partial charge < -0.3 is 20.1 Å². The summed E-state index contributed by atoms with van der Waals surface area (Å²) in [5.74, 6) is -0.969. The first kappa shape index (κ1) is 55.9. The molecule has 336 valence electrons. The highest BCUT2D eigenvalue weighted by atomic mass is 31.2. The number of rotatable bonds is 41. The quantitative estimate of drug-likeness (QED) is 0.0267. The molecule has 0 aromatic carbocycles. The Hall–Kier alpha value is -3.07. The maximum absolute atomic E-state index is 12.6. The van der Waals surface area contributed by atoms with Crippen LogP contribution in [0.15, 0.2) is 97.2 Å². The van der Waals surface area contributed by atoms with E-state index in [1.165, 1.54) is 70.6 Å². The van der Waals surface area contributed by atoms with Gasteiger partial charge in [0.25, 0.3) is 0 Å². The van der Waals surface area contributed by atoms with Crippen LogP contribution >= 0.6 is 7.82 Å². The molecule has 9 nitrogen and oxygen atoms in total. The Morgan fingerprint density at radius 2 is 0.881 bits per heavy atom. The van der Waals surface area contributed by atoms with Crippen molar-refractivity contribution in [3.05, 3.63) is 97.2 Å². The number of carbonyl (C=O) groups excluding carboxylic acids is 2. The number of unbranched alkanes of at least 4 members (excludes halogenated alkanes) is 12. The Bertz CT molecular complexity index is 1280. The molecule has 0 aliphatic rings. The largest absolute Gasteiger partial charge is 0.472 e. The van der Waals surface area contributed by atoms with Crippen LogP contribution in [0.1, 0.15) is 168 Å². The van der Waals surface area contributed by atoms with E-state index >= 15 is 0 Å². The van der Waals surface area contributed by atoms with Crippen molar-refractivity contribution < 1.29 is 37.6 Å². The van der Waals surface area contributed by atoms with Crippen molar-refractivity contribution in [2.24, 2.45) is 5.73 Å². The lowest BCUT2D eigenvalue weighted by molar-refractivity contribution is -0.161. The molecular formula is C49H82NO8P. The average Bonchev–Trinajstić information content (AvgIpc) is 3.22. The van der Waals surface area contributed by atoms with Crippen LogP contribution in [0.5, 0.6) is 0 Å². The number of phosphoric ester groups is 1. The lowest BCUT2D eigenvalue weighted by Crippen LogP contribution is -2.29. The van der Waals surface area contributed by atoms with Crippen LogP contribution in [0.25, 0.3) is 0 Å². The molecule has 2 atom stereocenters. The monoisotopic (exact) mass is 844 g/mol. The summed E-state index contributed by atoms with van der Waals surface area (Å²) in [7, 11) is -4.41. The summed E-state index contributed by atoms with van der Waals surface area (Å²) in [4.78, 5) is 34.9. The summed E-state index contributed by atoms with van der Waals surface area (Å²) in [5.41, 5.74) is 5.34. The minimum Gasteiger partial charge on any atom is -0.462 e. The van der Waals surface area contributed by atoms with Gasteiger partial charge in [0.2, 0.25) is 0 Å². The summed E-state index contributed by atoms with van der Waals surface area (Å²) < 4.78 is 32.7. The molecule has 0 saturated heterocycles. The number of phosphoric acid groups is 1. The Morgan fingerprint density at radius 1 is 0.508 bits per heavy atom. The van der Waals surface area contributed by atoms with Gasteiger partial charge in [-0.25, -0.2) is 4.57 Å². The predicted octanol–water partition coefficient (Wildman–Crippen LogP) is 13.4. The van der Waals surface area contributed by atoms with Crippen LogP contribution in [0.4, 0.5) is 0 Å². The summed E-state index contributed by atoms with van der Waals surface area (Å²) in [6.45, 7) is 3.55. The third kappa shape index (κ3) is 44.3. The minimum atomic E-state index is -4.41. The first-order valence-corrected chi connectivity index (χ1v) is 24.2. The van der Waals surface area contributed by atoms with E-state index in [1.807, 2.05) is 12.2 Å². The maximum atomic E-state index is 12.6. The van der Waals surface area contributed by atoms with Gasteiger partial charge in [0.15, 0.2) is 6.10 Å². The molecule has 59 heavy (non-hydrogen) atoms. The van der Waals surface area contributed by atoms with Gasteiger partial charge in [-0.3, -0.25) is 18.6 Å². The van der Waals surface area contributed by atoms with Crippen LogP contribution in [-0.4, -0.2) is 49.3 Å². The molecule has 0 spiro atoms. The van der Waals surface area contributed by atoms with Gasteiger partial charge in [0.1, 0.15) is 6.61 Å². The molecule has 0 aliphatic heterocycles. The van der Waals surface area contributed by atoms with Gasteiger partial charge in [-0.05, 0) is 89.9 Å². The number of hydrogen-bond donors (Lipinski definition) is 2. The fourth-order valence-electron chi connectivity index (χ4n) is 5.56. The predicted molar refractivity (Wildman–Crippen MR) is 247 cm³/mol. The standard InChI is InChI=1S/C49H82NO8P/c1-3-5-7-9-11-13-15-17-19-21-22-23-24-26-27-29-31-33-35-37-39-41-48(51)55-45-47(46-57-59(53,54)56-44-43-50)58-49(52)42-40-38-36-34-32-30-28-25-20-18-16-14-12-10-8-6-4-2/h12,14,18-21,23-24,27-30,33-36,47H,3-11,13,15-17,22,25-26,31-32,37-46,50H2,1-2H3,(H,53,54)/b14-12+,20-18+,21-19+,24-23+,29-27+,30-28+,35-33+,36-34+/t47-/m1/s1. The van der Waals surface area contributed by atoms with Crippen LogP contribution in [-0.2, 0) is 32.7 Å². The molecule has 0 radical (unpaired) electrons. The Morgan fingerprint density at radius 3 is 1.34 bits per heavy atom. The van der Waals surface area contributed by atoms with Gasteiger partial charge in [-0.1, -0.05) is 162 Å². The Balaban J connectivity index is 4.33. The zero-order chi connectivity index (χ0) is 43.2. The second-order valence-electron chi connectivity index (χ2n) is 14.6. The van der Waals surface area contributed by atoms with E-state index < -0.39 is 32.5 Å². The lowest BCUT2D eigenvalue weighted by Gasteiger charge is -2.19. The number of esters is 2. The fourth-order valence-corrected chi connectivity index (χ4v) is 6.32. The smallest absolute Gasteiger partial charge is 0.462 e. The molecule has 0 aromatic rings. The van der Waals surface area contributed by atoms with Crippen LogP contribution in [0.2, 0.25) is 0 Å². The molecule has 0 heterocycles. The SMILES string of the molecule is CCCCC/C=C/C/C=C/C/C=C/C/C=C/CCCC(=O)O[C@H](COC(=O)CCC/C=C/C/C=C/C/C=C/C/C=C/CCCCCCCCC)COP(=O)(O)OCCN. The van der Waals surface area contributed by atoms with Crippen molar-refractivity contribution in [1.29, 1.82) is 0 Å². The second-order valence-corrected chi connectivity index (χ2v) is 16.0. The molecule has 0 saturated carbocycles. The molecule has 0 aromatic heterocycles. The van der Waals surface area contributed by atoms with E-state index in [1.54, 1.807) is 0 Å². The van der Waals surface area contributed by atoms with Gasteiger partial charge >= 0.3 is 19.8 Å². The first-order chi connectivity index (χ1) is 28.8. The van der Waals surface area contributed by atoms with Crippen molar-refractivity contribution in [2.75, 3.05) is 26.4 Å². The van der Waals surface area contributed by atoms with Crippen LogP contribution in [0, 0.1) is 0 Å².